The molecule has 0 radical (unpaired) electrons. The minimum absolute atomic E-state index is 0.182. The van der Waals surface area contributed by atoms with Crippen molar-refractivity contribution in [2.75, 3.05) is 39.7 Å². The summed E-state index contributed by atoms with van der Waals surface area (Å²) in [6.45, 7) is 3.11. The fourth-order valence-electron chi connectivity index (χ4n) is 2.92. The second-order valence-corrected chi connectivity index (χ2v) is 6.93. The predicted octanol–water partition coefficient (Wildman–Crippen LogP) is 3.81. The quantitative estimate of drug-likeness (QED) is 0.632. The molecule has 0 bridgehead atoms. The van der Waals surface area contributed by atoms with Gasteiger partial charge in [0, 0.05) is 29.9 Å². The number of rotatable bonds is 7. The highest BCUT2D eigenvalue weighted by Crippen LogP contribution is 2.39. The Balaban J connectivity index is 2.06. The van der Waals surface area contributed by atoms with Gasteiger partial charge in [-0.3, -0.25) is 4.98 Å². The molecule has 0 spiro atoms. The maximum atomic E-state index is 10.0. The molecule has 2 aromatic carbocycles. The van der Waals surface area contributed by atoms with E-state index in [1.54, 1.807) is 13.2 Å². The van der Waals surface area contributed by atoms with Crippen molar-refractivity contribution in [1.29, 1.82) is 5.26 Å². The number of hydrogen-bond donors (Lipinski definition) is 2. The van der Waals surface area contributed by atoms with Gasteiger partial charge in [-0.15, -0.1) is 0 Å². The summed E-state index contributed by atoms with van der Waals surface area (Å²) in [6, 6.07) is 11.1. The van der Waals surface area contributed by atoms with Gasteiger partial charge in [-0.2, -0.15) is 5.26 Å². The maximum absolute atomic E-state index is 10.0. The van der Waals surface area contributed by atoms with Crippen LogP contribution in [0.4, 0.5) is 11.4 Å². The lowest BCUT2D eigenvalue weighted by Gasteiger charge is -2.17. The normalized spacial score (nSPS) is 10.8. The van der Waals surface area contributed by atoms with E-state index in [2.05, 4.69) is 16.4 Å². The van der Waals surface area contributed by atoms with Crippen molar-refractivity contribution in [3.63, 3.8) is 0 Å². The minimum atomic E-state index is 0.182. The molecule has 7 nitrogen and oxygen atoms in total. The van der Waals surface area contributed by atoms with E-state index in [-0.39, 0.29) is 5.75 Å². The molecule has 2 N–H and O–H groups in total. The van der Waals surface area contributed by atoms with E-state index >= 15 is 0 Å². The van der Waals surface area contributed by atoms with Gasteiger partial charge in [0.25, 0.3) is 0 Å². The molecular formula is C22H24N4O3. The van der Waals surface area contributed by atoms with E-state index in [9.17, 15) is 10.4 Å². The van der Waals surface area contributed by atoms with Crippen LogP contribution < -0.4 is 14.8 Å². The van der Waals surface area contributed by atoms with Crippen LogP contribution in [0.25, 0.3) is 10.9 Å². The second-order valence-electron chi connectivity index (χ2n) is 6.93. The zero-order valence-electron chi connectivity index (χ0n) is 17.0. The molecule has 0 unspecified atom stereocenters. The van der Waals surface area contributed by atoms with Crippen molar-refractivity contribution in [2.24, 2.45) is 0 Å². The first-order chi connectivity index (χ1) is 13.9. The standard InChI is InChI=1S/C22H24N4O3/c1-14-5-6-16(11-18(14)27)25-20-15(12-23)13-24-21-17(20)7-8-19(22(21)28-4)29-10-9-26(2)3/h5-8,11,13,27H,9-10H2,1-4H3,(H,24,25). The molecule has 29 heavy (non-hydrogen) atoms. The van der Waals surface area contributed by atoms with Crippen LogP contribution in [0.2, 0.25) is 0 Å². The molecule has 0 amide bonds. The van der Waals surface area contributed by atoms with Crippen molar-refractivity contribution in [2.45, 2.75) is 6.92 Å². The number of hydrogen-bond acceptors (Lipinski definition) is 7. The lowest BCUT2D eigenvalue weighted by atomic mass is 10.1. The number of nitrogens with one attached hydrogen (secondary N) is 1. The van der Waals surface area contributed by atoms with E-state index in [4.69, 9.17) is 9.47 Å². The lowest BCUT2D eigenvalue weighted by Crippen LogP contribution is -2.19. The topological polar surface area (TPSA) is 90.6 Å². The number of benzene rings is 2. The molecule has 0 fully saturated rings. The number of pyridine rings is 1. The Morgan fingerprint density at radius 2 is 2.03 bits per heavy atom. The van der Waals surface area contributed by atoms with Gasteiger partial charge < -0.3 is 24.8 Å². The zero-order chi connectivity index (χ0) is 21.0. The Morgan fingerprint density at radius 3 is 2.69 bits per heavy atom. The molecule has 0 saturated carbocycles. The van der Waals surface area contributed by atoms with Gasteiger partial charge in [0.1, 0.15) is 23.9 Å². The summed E-state index contributed by atoms with van der Waals surface area (Å²) in [4.78, 5) is 6.47. The molecular weight excluding hydrogens is 368 g/mol. The highest BCUT2D eigenvalue weighted by molar-refractivity contribution is 5.99. The van der Waals surface area contributed by atoms with E-state index in [1.165, 1.54) is 6.20 Å². The molecule has 150 valence electrons. The summed E-state index contributed by atoms with van der Waals surface area (Å²) in [5.74, 6) is 1.29. The number of nitrogens with zero attached hydrogens (tertiary/aromatic N) is 3. The number of fused-ring (bicyclic) bond motifs is 1. The smallest absolute Gasteiger partial charge is 0.187 e. The molecule has 0 aliphatic heterocycles. The first-order valence-electron chi connectivity index (χ1n) is 9.18. The van der Waals surface area contributed by atoms with E-state index in [0.29, 0.717) is 40.6 Å². The van der Waals surface area contributed by atoms with Crippen molar-refractivity contribution < 1.29 is 14.6 Å². The van der Waals surface area contributed by atoms with Gasteiger partial charge in [0.2, 0.25) is 0 Å². The SMILES string of the molecule is COc1c(OCCN(C)C)ccc2c(Nc3ccc(C)c(O)c3)c(C#N)cnc12. The van der Waals surface area contributed by atoms with Crippen LogP contribution in [0.15, 0.2) is 36.5 Å². The number of aryl methyl sites for hydroxylation is 1. The van der Waals surface area contributed by atoms with Crippen LogP contribution in [-0.2, 0) is 0 Å². The van der Waals surface area contributed by atoms with E-state index in [1.807, 2.05) is 50.2 Å². The third kappa shape index (κ3) is 4.33. The Labute approximate surface area is 170 Å². The largest absolute Gasteiger partial charge is 0.508 e. The van der Waals surface area contributed by atoms with Crippen molar-refractivity contribution >= 4 is 22.3 Å². The van der Waals surface area contributed by atoms with Crippen LogP contribution in [0.3, 0.4) is 0 Å². The predicted molar refractivity (Wildman–Crippen MR) is 113 cm³/mol. The monoisotopic (exact) mass is 392 g/mol. The molecule has 0 saturated heterocycles. The number of phenols is 1. The van der Waals surface area contributed by atoms with Crippen molar-refractivity contribution in [1.82, 2.24) is 9.88 Å². The molecule has 1 heterocycles. The summed E-state index contributed by atoms with van der Waals surface area (Å²) in [6.07, 6.45) is 1.50. The maximum Gasteiger partial charge on any atom is 0.187 e. The first-order valence-corrected chi connectivity index (χ1v) is 9.18. The van der Waals surface area contributed by atoms with Gasteiger partial charge >= 0.3 is 0 Å². The zero-order valence-corrected chi connectivity index (χ0v) is 17.0. The van der Waals surface area contributed by atoms with Crippen molar-refractivity contribution in [3.05, 3.63) is 47.7 Å². The Hall–Kier alpha value is -3.50. The van der Waals surface area contributed by atoms with Crippen molar-refractivity contribution in [3.8, 4) is 23.3 Å². The Morgan fingerprint density at radius 1 is 1.24 bits per heavy atom. The summed E-state index contributed by atoms with van der Waals surface area (Å²) < 4.78 is 11.4. The van der Waals surface area contributed by atoms with Crippen LogP contribution in [0.5, 0.6) is 17.2 Å². The number of ether oxygens (including phenoxy) is 2. The van der Waals surface area contributed by atoms with Gasteiger partial charge in [-0.05, 0) is 44.8 Å². The van der Waals surface area contributed by atoms with Gasteiger partial charge in [-0.1, -0.05) is 6.07 Å². The average Bonchev–Trinajstić information content (AvgIpc) is 2.70. The molecule has 1 aromatic heterocycles. The number of methoxy groups -OCH3 is 1. The number of phenolic OH excluding ortho intramolecular Hbond substituents is 1. The minimum Gasteiger partial charge on any atom is -0.508 e. The van der Waals surface area contributed by atoms with Crippen LogP contribution >= 0.6 is 0 Å². The molecule has 3 rings (SSSR count). The second kappa shape index (κ2) is 8.67. The third-order valence-corrected chi connectivity index (χ3v) is 4.56. The number of aromatic nitrogens is 1. The third-order valence-electron chi connectivity index (χ3n) is 4.56. The first kappa shape index (κ1) is 20.2. The number of anilines is 2. The van der Waals surface area contributed by atoms with E-state index in [0.717, 1.165) is 17.5 Å². The van der Waals surface area contributed by atoms with Gasteiger partial charge in [0.15, 0.2) is 11.5 Å². The Kier molecular flexibility index (Phi) is 6.05. The van der Waals surface area contributed by atoms with Crippen LogP contribution in [0, 0.1) is 18.3 Å². The summed E-state index contributed by atoms with van der Waals surface area (Å²) >= 11 is 0. The average molecular weight is 392 g/mol. The summed E-state index contributed by atoms with van der Waals surface area (Å²) in [5, 5.41) is 23.5. The molecule has 7 heteroatoms. The fraction of sp³-hybridized carbons (Fsp3) is 0.273. The molecule has 3 aromatic rings. The summed E-state index contributed by atoms with van der Waals surface area (Å²) in [5.41, 5.74) is 3.02. The highest BCUT2D eigenvalue weighted by Gasteiger charge is 2.17. The number of likely N-dealkylation sites (N-methyl/N-ethyl adjacent to an activating group) is 1. The Bertz CT molecular complexity index is 1070. The lowest BCUT2D eigenvalue weighted by molar-refractivity contribution is 0.251. The van der Waals surface area contributed by atoms with Crippen LogP contribution in [-0.4, -0.2) is 49.3 Å². The van der Waals surface area contributed by atoms with E-state index < -0.39 is 0 Å². The van der Waals surface area contributed by atoms with Gasteiger partial charge in [-0.25, -0.2) is 0 Å². The highest BCUT2D eigenvalue weighted by atomic mass is 16.5. The summed E-state index contributed by atoms with van der Waals surface area (Å²) in [7, 11) is 5.53. The molecule has 0 aliphatic carbocycles. The van der Waals surface area contributed by atoms with Gasteiger partial charge in [0.05, 0.1) is 18.4 Å². The number of nitriles is 1. The van der Waals surface area contributed by atoms with Crippen LogP contribution in [0.1, 0.15) is 11.1 Å². The number of aromatic hydroxyl groups is 1. The molecule has 0 atom stereocenters. The fourth-order valence-corrected chi connectivity index (χ4v) is 2.92. The molecule has 0 aliphatic rings.